The van der Waals surface area contributed by atoms with Crippen molar-refractivity contribution < 1.29 is 14.3 Å². The minimum absolute atomic E-state index is 0.185. The molecule has 1 aromatic heterocycles. The van der Waals surface area contributed by atoms with E-state index in [4.69, 9.17) is 21.1 Å². The second-order valence-electron chi connectivity index (χ2n) is 3.84. The molecule has 1 rings (SSSR count). The molecular weight excluding hydrogens is 270 g/mol. The van der Waals surface area contributed by atoms with Gasteiger partial charge in [0.05, 0.1) is 12.7 Å². The molecular formula is C12H18ClN3O3. The summed E-state index contributed by atoms with van der Waals surface area (Å²) < 4.78 is 10.1. The lowest BCUT2D eigenvalue weighted by Crippen LogP contribution is -2.35. The normalized spacial score (nSPS) is 12.0. The zero-order valence-electron chi connectivity index (χ0n) is 11.2. The SMILES string of the molecule is CNc1cc(C(=O)NCC(COC)OC)cc(Cl)n1. The summed E-state index contributed by atoms with van der Waals surface area (Å²) in [7, 11) is 4.85. The Kier molecular flexibility index (Phi) is 6.55. The van der Waals surface area contributed by atoms with E-state index in [1.54, 1.807) is 27.3 Å². The molecule has 0 fully saturated rings. The van der Waals surface area contributed by atoms with Crippen LogP contribution in [0.3, 0.4) is 0 Å². The molecule has 0 aliphatic carbocycles. The molecule has 0 radical (unpaired) electrons. The number of nitrogens with one attached hydrogen (secondary N) is 2. The summed E-state index contributed by atoms with van der Waals surface area (Å²) in [5, 5.41) is 5.86. The number of hydrogen-bond acceptors (Lipinski definition) is 5. The van der Waals surface area contributed by atoms with Crippen LogP contribution in [0, 0.1) is 0 Å². The summed E-state index contributed by atoms with van der Waals surface area (Å²) in [6, 6.07) is 3.13. The number of anilines is 1. The van der Waals surface area contributed by atoms with Crippen molar-refractivity contribution in [2.75, 3.05) is 39.7 Å². The van der Waals surface area contributed by atoms with Crippen molar-refractivity contribution in [2.24, 2.45) is 0 Å². The molecule has 0 aliphatic rings. The fourth-order valence-electron chi connectivity index (χ4n) is 1.46. The molecule has 1 aromatic rings. The smallest absolute Gasteiger partial charge is 0.251 e. The first-order valence-electron chi connectivity index (χ1n) is 5.76. The van der Waals surface area contributed by atoms with Crippen LogP contribution in [-0.2, 0) is 9.47 Å². The van der Waals surface area contributed by atoms with E-state index in [-0.39, 0.29) is 17.2 Å². The van der Waals surface area contributed by atoms with Crippen molar-refractivity contribution in [3.63, 3.8) is 0 Å². The lowest BCUT2D eigenvalue weighted by molar-refractivity contribution is 0.0285. The summed E-state index contributed by atoms with van der Waals surface area (Å²) in [6.07, 6.45) is -0.185. The Labute approximate surface area is 117 Å². The number of hydrogen-bond donors (Lipinski definition) is 2. The van der Waals surface area contributed by atoms with E-state index in [1.807, 2.05) is 0 Å². The van der Waals surface area contributed by atoms with Crippen LogP contribution in [-0.4, -0.2) is 51.4 Å². The van der Waals surface area contributed by atoms with Gasteiger partial charge in [0.15, 0.2) is 0 Å². The number of rotatable bonds is 7. The summed E-state index contributed by atoms with van der Waals surface area (Å²) in [6.45, 7) is 0.771. The molecule has 6 nitrogen and oxygen atoms in total. The number of carbonyl (C=O) groups is 1. The predicted molar refractivity (Wildman–Crippen MR) is 73.8 cm³/mol. The lowest BCUT2D eigenvalue weighted by atomic mass is 10.2. The highest BCUT2D eigenvalue weighted by Gasteiger charge is 2.12. The predicted octanol–water partition coefficient (Wildman–Crippen LogP) is 1.17. The molecule has 1 atom stereocenters. The standard InChI is InChI=1S/C12H18ClN3O3/c1-14-11-5-8(4-10(13)16-11)12(17)15-6-9(19-3)7-18-2/h4-5,9H,6-7H2,1-3H3,(H,14,16)(H,15,17). The number of carbonyl (C=O) groups excluding carboxylic acids is 1. The Morgan fingerprint density at radius 3 is 2.79 bits per heavy atom. The molecule has 19 heavy (non-hydrogen) atoms. The van der Waals surface area contributed by atoms with Crippen molar-refractivity contribution in [1.82, 2.24) is 10.3 Å². The van der Waals surface area contributed by atoms with E-state index in [0.29, 0.717) is 24.5 Å². The third kappa shape index (κ3) is 5.02. The van der Waals surface area contributed by atoms with Crippen LogP contribution in [0.15, 0.2) is 12.1 Å². The maximum Gasteiger partial charge on any atom is 0.251 e. The van der Waals surface area contributed by atoms with Gasteiger partial charge in [0.25, 0.3) is 5.91 Å². The molecule has 0 aliphatic heterocycles. The summed E-state index contributed by atoms with van der Waals surface area (Å²) >= 11 is 5.84. The van der Waals surface area contributed by atoms with E-state index in [9.17, 15) is 4.79 Å². The summed E-state index contributed by atoms with van der Waals surface area (Å²) in [5.74, 6) is 0.303. The number of pyridine rings is 1. The van der Waals surface area contributed by atoms with Gasteiger partial charge in [0.2, 0.25) is 0 Å². The Hall–Kier alpha value is -1.37. The largest absolute Gasteiger partial charge is 0.382 e. The highest BCUT2D eigenvalue weighted by Crippen LogP contribution is 2.14. The Balaban J connectivity index is 2.65. The van der Waals surface area contributed by atoms with Crippen LogP contribution >= 0.6 is 11.6 Å². The molecule has 0 aromatic carbocycles. The van der Waals surface area contributed by atoms with Crippen LogP contribution in [0.5, 0.6) is 0 Å². The Morgan fingerprint density at radius 2 is 2.21 bits per heavy atom. The first-order valence-corrected chi connectivity index (χ1v) is 6.13. The minimum Gasteiger partial charge on any atom is -0.382 e. The van der Waals surface area contributed by atoms with Gasteiger partial charge < -0.3 is 20.1 Å². The number of aromatic nitrogens is 1. The average Bonchev–Trinajstić information content (AvgIpc) is 2.42. The number of nitrogens with zero attached hydrogens (tertiary/aromatic N) is 1. The van der Waals surface area contributed by atoms with E-state index in [2.05, 4.69) is 15.6 Å². The first-order chi connectivity index (χ1) is 9.10. The summed E-state index contributed by atoms with van der Waals surface area (Å²) in [4.78, 5) is 16.0. The molecule has 0 bridgehead atoms. The Morgan fingerprint density at radius 1 is 1.47 bits per heavy atom. The highest BCUT2D eigenvalue weighted by molar-refractivity contribution is 6.29. The van der Waals surface area contributed by atoms with Crippen molar-refractivity contribution in [2.45, 2.75) is 6.10 Å². The third-order valence-electron chi connectivity index (χ3n) is 2.49. The number of ether oxygens (including phenoxy) is 2. The second-order valence-corrected chi connectivity index (χ2v) is 4.22. The van der Waals surface area contributed by atoms with Crippen LogP contribution in [0.2, 0.25) is 5.15 Å². The Bertz CT molecular complexity index is 429. The highest BCUT2D eigenvalue weighted by atomic mass is 35.5. The molecule has 0 saturated heterocycles. The third-order valence-corrected chi connectivity index (χ3v) is 2.68. The van der Waals surface area contributed by atoms with Crippen LogP contribution in [0.1, 0.15) is 10.4 Å². The van der Waals surface area contributed by atoms with Gasteiger partial charge in [-0.1, -0.05) is 11.6 Å². The first kappa shape index (κ1) is 15.7. The molecule has 0 saturated carbocycles. The second kappa shape index (κ2) is 7.93. The molecule has 7 heteroatoms. The fourth-order valence-corrected chi connectivity index (χ4v) is 1.67. The van der Waals surface area contributed by atoms with Crippen LogP contribution in [0.25, 0.3) is 0 Å². The maximum absolute atomic E-state index is 12.0. The monoisotopic (exact) mass is 287 g/mol. The van der Waals surface area contributed by atoms with Gasteiger partial charge in [0.1, 0.15) is 11.0 Å². The van der Waals surface area contributed by atoms with Gasteiger partial charge in [-0.3, -0.25) is 4.79 Å². The zero-order valence-corrected chi connectivity index (χ0v) is 12.0. The van der Waals surface area contributed by atoms with Gasteiger partial charge in [-0.05, 0) is 12.1 Å². The lowest BCUT2D eigenvalue weighted by Gasteiger charge is -2.15. The van der Waals surface area contributed by atoms with Gasteiger partial charge in [0, 0.05) is 33.4 Å². The van der Waals surface area contributed by atoms with E-state index < -0.39 is 0 Å². The van der Waals surface area contributed by atoms with Gasteiger partial charge in [-0.15, -0.1) is 0 Å². The summed E-state index contributed by atoms with van der Waals surface area (Å²) in [5.41, 5.74) is 0.441. The minimum atomic E-state index is -0.237. The number of halogens is 1. The molecule has 1 amide bonds. The fraction of sp³-hybridized carbons (Fsp3) is 0.500. The van der Waals surface area contributed by atoms with Gasteiger partial charge in [-0.2, -0.15) is 0 Å². The van der Waals surface area contributed by atoms with Crippen LogP contribution in [0.4, 0.5) is 5.82 Å². The molecule has 1 heterocycles. The maximum atomic E-state index is 12.0. The van der Waals surface area contributed by atoms with Crippen molar-refractivity contribution in [3.05, 3.63) is 22.8 Å². The van der Waals surface area contributed by atoms with E-state index in [1.165, 1.54) is 6.07 Å². The van der Waals surface area contributed by atoms with E-state index >= 15 is 0 Å². The van der Waals surface area contributed by atoms with Crippen molar-refractivity contribution in [3.8, 4) is 0 Å². The van der Waals surface area contributed by atoms with Gasteiger partial charge in [-0.25, -0.2) is 4.98 Å². The molecule has 2 N–H and O–H groups in total. The number of amides is 1. The molecule has 1 unspecified atom stereocenters. The zero-order chi connectivity index (χ0) is 14.3. The topological polar surface area (TPSA) is 72.5 Å². The van der Waals surface area contributed by atoms with Gasteiger partial charge >= 0.3 is 0 Å². The molecule has 106 valence electrons. The van der Waals surface area contributed by atoms with Crippen molar-refractivity contribution >= 4 is 23.3 Å². The molecule has 0 spiro atoms. The quantitative estimate of drug-likeness (QED) is 0.737. The van der Waals surface area contributed by atoms with E-state index in [0.717, 1.165) is 0 Å². The van der Waals surface area contributed by atoms with Crippen molar-refractivity contribution in [1.29, 1.82) is 0 Å². The number of methoxy groups -OCH3 is 2. The average molecular weight is 288 g/mol. The van der Waals surface area contributed by atoms with Crippen LogP contribution < -0.4 is 10.6 Å².